The Morgan fingerprint density at radius 2 is 2.00 bits per heavy atom. The minimum Gasteiger partial charge on any atom is -0.496 e. The van der Waals surface area contributed by atoms with Crippen LogP contribution < -0.4 is 14.8 Å². The summed E-state index contributed by atoms with van der Waals surface area (Å²) in [6, 6.07) is 9.81. The average Bonchev–Trinajstić information content (AvgIpc) is 3.41. The molecule has 0 aliphatic carbocycles. The molecule has 2 heterocycles. The first kappa shape index (κ1) is 22.5. The Balaban J connectivity index is 1.82. The first-order valence-corrected chi connectivity index (χ1v) is 11.3. The zero-order valence-electron chi connectivity index (χ0n) is 19.2. The second-order valence-electron chi connectivity index (χ2n) is 7.48. The molecular weight excluding hydrogens is 438 g/mol. The first-order valence-electron chi connectivity index (χ1n) is 10.5. The number of fused-ring (bicyclic) bond motifs is 1. The van der Waals surface area contributed by atoms with Gasteiger partial charge >= 0.3 is 0 Å². The highest BCUT2D eigenvalue weighted by Crippen LogP contribution is 2.42. The topological polar surface area (TPSA) is 86.5 Å². The van der Waals surface area contributed by atoms with Crippen LogP contribution >= 0.6 is 11.3 Å². The summed E-state index contributed by atoms with van der Waals surface area (Å²) < 4.78 is 17.5. The van der Waals surface area contributed by atoms with Crippen LogP contribution in [0.2, 0.25) is 0 Å². The number of allylic oxidation sites excluding steroid dienone is 1. The summed E-state index contributed by atoms with van der Waals surface area (Å²) in [5.74, 6) is 1.17. The fourth-order valence-electron chi connectivity index (χ4n) is 3.78. The SMILES string of the molecule is CCOc1c(/C(C)=C/C(=O)Nc2nnc(C)s2)cc2c(-c3ccccc3OC)coc2c1C. The van der Waals surface area contributed by atoms with Gasteiger partial charge < -0.3 is 13.9 Å². The quantitative estimate of drug-likeness (QED) is 0.337. The molecule has 2 aromatic heterocycles. The molecule has 1 N–H and O–H groups in total. The summed E-state index contributed by atoms with van der Waals surface area (Å²) in [5, 5.41) is 12.8. The van der Waals surface area contributed by atoms with E-state index in [2.05, 4.69) is 15.5 Å². The molecule has 0 atom stereocenters. The lowest BCUT2D eigenvalue weighted by Gasteiger charge is -2.15. The maximum atomic E-state index is 12.6. The summed E-state index contributed by atoms with van der Waals surface area (Å²) in [7, 11) is 1.65. The second-order valence-corrected chi connectivity index (χ2v) is 8.66. The van der Waals surface area contributed by atoms with E-state index in [9.17, 15) is 4.79 Å². The Morgan fingerprint density at radius 1 is 1.21 bits per heavy atom. The third kappa shape index (κ3) is 4.47. The van der Waals surface area contributed by atoms with E-state index in [1.165, 1.54) is 11.3 Å². The summed E-state index contributed by atoms with van der Waals surface area (Å²) in [4.78, 5) is 12.6. The Kier molecular flexibility index (Phi) is 6.46. The van der Waals surface area contributed by atoms with E-state index in [0.717, 1.165) is 49.6 Å². The average molecular weight is 464 g/mol. The first-order chi connectivity index (χ1) is 15.9. The summed E-state index contributed by atoms with van der Waals surface area (Å²) in [5.41, 5.74) is 5.04. The number of anilines is 1. The summed E-state index contributed by atoms with van der Waals surface area (Å²) in [6.45, 7) is 8.11. The van der Waals surface area contributed by atoms with Gasteiger partial charge in [0.25, 0.3) is 0 Å². The van der Waals surface area contributed by atoms with Gasteiger partial charge in [-0.25, -0.2) is 0 Å². The van der Waals surface area contributed by atoms with Crippen LogP contribution in [0.5, 0.6) is 11.5 Å². The van der Waals surface area contributed by atoms with Gasteiger partial charge in [-0.15, -0.1) is 10.2 Å². The van der Waals surface area contributed by atoms with E-state index in [0.29, 0.717) is 17.5 Å². The molecular formula is C25H25N3O4S. The highest BCUT2D eigenvalue weighted by Gasteiger charge is 2.20. The van der Waals surface area contributed by atoms with Gasteiger partial charge in [0.15, 0.2) is 0 Å². The van der Waals surface area contributed by atoms with Crippen LogP contribution in [0.4, 0.5) is 5.13 Å². The van der Waals surface area contributed by atoms with E-state index in [1.54, 1.807) is 19.4 Å². The molecule has 8 heteroatoms. The molecule has 170 valence electrons. The van der Waals surface area contributed by atoms with Gasteiger partial charge in [0.1, 0.15) is 22.1 Å². The fraction of sp³-hybridized carbons (Fsp3) is 0.240. The smallest absolute Gasteiger partial charge is 0.250 e. The van der Waals surface area contributed by atoms with Gasteiger partial charge in [-0.1, -0.05) is 29.5 Å². The molecule has 33 heavy (non-hydrogen) atoms. The normalized spacial score (nSPS) is 11.6. The fourth-order valence-corrected chi connectivity index (χ4v) is 4.37. The zero-order valence-corrected chi connectivity index (χ0v) is 20.0. The number of nitrogens with zero attached hydrogens (tertiary/aromatic N) is 2. The maximum absolute atomic E-state index is 12.6. The van der Waals surface area contributed by atoms with E-state index < -0.39 is 0 Å². The van der Waals surface area contributed by atoms with Gasteiger partial charge in [-0.2, -0.15) is 0 Å². The van der Waals surface area contributed by atoms with Crippen LogP contribution in [0.25, 0.3) is 27.7 Å². The number of hydrogen-bond acceptors (Lipinski definition) is 7. The number of furan rings is 1. The number of benzene rings is 2. The molecule has 0 bridgehead atoms. The van der Waals surface area contributed by atoms with Crippen LogP contribution in [-0.4, -0.2) is 29.8 Å². The Bertz CT molecular complexity index is 1350. The number of rotatable bonds is 7. The van der Waals surface area contributed by atoms with Crippen molar-refractivity contribution in [2.24, 2.45) is 0 Å². The number of aromatic nitrogens is 2. The molecule has 0 saturated carbocycles. The van der Waals surface area contributed by atoms with Gasteiger partial charge in [-0.3, -0.25) is 10.1 Å². The maximum Gasteiger partial charge on any atom is 0.250 e. The van der Waals surface area contributed by atoms with Gasteiger partial charge in [0.2, 0.25) is 11.0 Å². The highest BCUT2D eigenvalue weighted by molar-refractivity contribution is 7.15. The van der Waals surface area contributed by atoms with Crippen LogP contribution in [0.3, 0.4) is 0 Å². The van der Waals surface area contributed by atoms with E-state index >= 15 is 0 Å². The molecule has 0 unspecified atom stereocenters. The number of carbonyl (C=O) groups is 1. The molecule has 0 aliphatic heterocycles. The molecule has 4 aromatic rings. The van der Waals surface area contributed by atoms with Crippen LogP contribution in [-0.2, 0) is 4.79 Å². The zero-order chi connectivity index (χ0) is 23.5. The second kappa shape index (κ2) is 9.46. The molecule has 4 rings (SSSR count). The molecule has 7 nitrogen and oxygen atoms in total. The van der Waals surface area contributed by atoms with Crippen molar-refractivity contribution in [3.05, 3.63) is 58.8 Å². The highest BCUT2D eigenvalue weighted by atomic mass is 32.1. The monoisotopic (exact) mass is 463 g/mol. The lowest BCUT2D eigenvalue weighted by Crippen LogP contribution is -2.08. The predicted molar refractivity (Wildman–Crippen MR) is 131 cm³/mol. The summed E-state index contributed by atoms with van der Waals surface area (Å²) in [6.07, 6.45) is 3.28. The Morgan fingerprint density at radius 3 is 2.70 bits per heavy atom. The van der Waals surface area contributed by atoms with Crippen LogP contribution in [0, 0.1) is 13.8 Å². The lowest BCUT2D eigenvalue weighted by molar-refractivity contribution is -0.111. The molecule has 0 fully saturated rings. The number of para-hydroxylation sites is 1. The third-order valence-corrected chi connectivity index (χ3v) is 6.01. The molecule has 0 spiro atoms. The van der Waals surface area contributed by atoms with Crippen molar-refractivity contribution in [2.75, 3.05) is 19.0 Å². The minimum absolute atomic E-state index is 0.277. The van der Waals surface area contributed by atoms with E-state index in [4.69, 9.17) is 13.9 Å². The predicted octanol–water partition coefficient (Wildman–Crippen LogP) is 6.02. The number of aryl methyl sites for hydroxylation is 2. The van der Waals surface area contributed by atoms with Crippen molar-refractivity contribution in [1.29, 1.82) is 0 Å². The third-order valence-electron chi connectivity index (χ3n) is 5.26. The molecule has 0 aliphatic rings. The van der Waals surface area contributed by atoms with Gasteiger partial charge in [-0.05, 0) is 45.4 Å². The van der Waals surface area contributed by atoms with E-state index in [-0.39, 0.29) is 5.91 Å². The van der Waals surface area contributed by atoms with Crippen LogP contribution in [0.1, 0.15) is 30.0 Å². The molecule has 2 aromatic carbocycles. The van der Waals surface area contributed by atoms with Crippen molar-refractivity contribution in [1.82, 2.24) is 10.2 Å². The number of nitrogens with one attached hydrogen (secondary N) is 1. The van der Waals surface area contributed by atoms with Gasteiger partial charge in [0.05, 0.1) is 20.0 Å². The number of carbonyl (C=O) groups excluding carboxylic acids is 1. The lowest BCUT2D eigenvalue weighted by atomic mass is 9.96. The van der Waals surface area contributed by atoms with Crippen molar-refractivity contribution < 1.29 is 18.7 Å². The van der Waals surface area contributed by atoms with Crippen molar-refractivity contribution in [2.45, 2.75) is 27.7 Å². The number of methoxy groups -OCH3 is 1. The Hall–Kier alpha value is -3.65. The Labute approximate surface area is 196 Å². The molecule has 0 radical (unpaired) electrons. The number of hydrogen-bond donors (Lipinski definition) is 1. The molecule has 1 amide bonds. The summed E-state index contributed by atoms with van der Waals surface area (Å²) >= 11 is 1.33. The largest absolute Gasteiger partial charge is 0.496 e. The van der Waals surface area contributed by atoms with Crippen LogP contribution in [0.15, 0.2) is 47.1 Å². The molecule has 0 saturated heterocycles. The van der Waals surface area contributed by atoms with Crippen molar-refractivity contribution >= 4 is 38.9 Å². The van der Waals surface area contributed by atoms with Crippen molar-refractivity contribution in [3.8, 4) is 22.6 Å². The standard InChI is InChI=1S/C25H25N3O4S/c1-6-31-23-15(3)24-19(20(13-32-24)17-9-7-8-10-21(17)30-5)12-18(23)14(2)11-22(29)26-25-28-27-16(4)33-25/h7-13H,6H2,1-5H3,(H,26,28,29)/b14-11+. The number of ether oxygens (including phenoxy) is 2. The van der Waals surface area contributed by atoms with Gasteiger partial charge in [0, 0.05) is 33.7 Å². The minimum atomic E-state index is -0.277. The number of amides is 1. The van der Waals surface area contributed by atoms with E-state index in [1.807, 2.05) is 58.0 Å². The van der Waals surface area contributed by atoms with Crippen molar-refractivity contribution in [3.63, 3.8) is 0 Å².